The van der Waals surface area contributed by atoms with Crippen LogP contribution in [0.1, 0.15) is 51.4 Å². The highest BCUT2D eigenvalue weighted by molar-refractivity contribution is 5.78. The molecule has 3 N–H and O–H groups in total. The third kappa shape index (κ3) is 4.19. The Balaban J connectivity index is 1.83. The number of hydrogen-bond acceptors (Lipinski definition) is 5. The van der Waals surface area contributed by atoms with Crippen molar-refractivity contribution in [1.82, 2.24) is 15.5 Å². The number of guanidine groups is 1. The first-order valence-electron chi connectivity index (χ1n) is 6.87. The summed E-state index contributed by atoms with van der Waals surface area (Å²) in [5.41, 5.74) is 5.74. The van der Waals surface area contributed by atoms with Crippen LogP contribution in [0.3, 0.4) is 0 Å². The van der Waals surface area contributed by atoms with Crippen LogP contribution >= 0.6 is 0 Å². The molecule has 2 rings (SSSR count). The molecule has 1 aromatic heterocycles. The van der Waals surface area contributed by atoms with Gasteiger partial charge in [0.25, 0.3) is 5.89 Å². The molecule has 20 heavy (non-hydrogen) atoms. The van der Waals surface area contributed by atoms with Crippen molar-refractivity contribution in [3.05, 3.63) is 11.7 Å². The molecule has 1 aromatic rings. The van der Waals surface area contributed by atoms with Gasteiger partial charge in [-0.25, -0.2) is 0 Å². The van der Waals surface area contributed by atoms with Gasteiger partial charge in [0.1, 0.15) is 6.10 Å². The number of aromatic nitrogens is 2. The van der Waals surface area contributed by atoms with E-state index in [4.69, 9.17) is 15.0 Å². The Hall–Kier alpha value is -1.63. The van der Waals surface area contributed by atoms with E-state index in [-0.39, 0.29) is 17.7 Å². The van der Waals surface area contributed by atoms with Crippen molar-refractivity contribution in [3.63, 3.8) is 0 Å². The molecule has 1 aliphatic heterocycles. The van der Waals surface area contributed by atoms with Crippen molar-refractivity contribution in [2.45, 2.75) is 58.3 Å². The number of nitrogens with zero attached hydrogens (tertiary/aromatic N) is 3. The predicted octanol–water partition coefficient (Wildman–Crippen LogP) is 1.30. The number of nitrogens with one attached hydrogen (secondary N) is 1. The molecular formula is C13H23N5O2. The van der Waals surface area contributed by atoms with E-state index < -0.39 is 0 Å². The fraction of sp³-hybridized carbons (Fsp3) is 0.769. The SMILES string of the molecule is Cc1noc([C@@H]2CC[C@H](CN=C(N)NC(C)(C)C)O2)n1. The third-order valence-electron chi connectivity index (χ3n) is 2.89. The maximum absolute atomic E-state index is 5.85. The second kappa shape index (κ2) is 5.78. The number of ether oxygens (including phenoxy) is 1. The predicted molar refractivity (Wildman–Crippen MR) is 75.3 cm³/mol. The summed E-state index contributed by atoms with van der Waals surface area (Å²) in [6.45, 7) is 8.45. The van der Waals surface area contributed by atoms with Crippen molar-refractivity contribution in [1.29, 1.82) is 0 Å². The average Bonchev–Trinajstić information content (AvgIpc) is 2.92. The maximum Gasteiger partial charge on any atom is 0.255 e. The van der Waals surface area contributed by atoms with E-state index in [9.17, 15) is 0 Å². The summed E-state index contributed by atoms with van der Waals surface area (Å²) in [6, 6.07) is 0. The molecule has 112 valence electrons. The van der Waals surface area contributed by atoms with E-state index in [2.05, 4.69) is 20.4 Å². The van der Waals surface area contributed by atoms with E-state index in [0.29, 0.717) is 24.2 Å². The lowest BCUT2D eigenvalue weighted by Gasteiger charge is -2.21. The summed E-state index contributed by atoms with van der Waals surface area (Å²) in [6.07, 6.45) is 1.72. The number of aryl methyl sites for hydroxylation is 1. The van der Waals surface area contributed by atoms with Crippen LogP contribution in [-0.4, -0.2) is 34.3 Å². The van der Waals surface area contributed by atoms with E-state index in [1.54, 1.807) is 6.92 Å². The van der Waals surface area contributed by atoms with Gasteiger partial charge >= 0.3 is 0 Å². The normalized spacial score (nSPS) is 24.1. The highest BCUT2D eigenvalue weighted by atomic mass is 16.5. The van der Waals surface area contributed by atoms with Gasteiger partial charge in [0, 0.05) is 5.54 Å². The number of rotatable bonds is 3. The van der Waals surface area contributed by atoms with Gasteiger partial charge in [-0.05, 0) is 40.5 Å². The molecule has 0 spiro atoms. The standard InChI is InChI=1S/C13H23N5O2/c1-8-16-11(20-18-8)10-6-5-9(19-10)7-15-12(14)17-13(2,3)4/h9-10H,5-7H2,1-4H3,(H3,14,15,17)/t9-,10+/m1/s1. The molecule has 0 aliphatic carbocycles. The van der Waals surface area contributed by atoms with Gasteiger partial charge < -0.3 is 20.3 Å². The summed E-state index contributed by atoms with van der Waals surface area (Å²) in [7, 11) is 0. The average molecular weight is 281 g/mol. The lowest BCUT2D eigenvalue weighted by atomic mass is 10.1. The molecule has 1 aliphatic rings. The van der Waals surface area contributed by atoms with Crippen molar-refractivity contribution < 1.29 is 9.26 Å². The van der Waals surface area contributed by atoms with E-state index >= 15 is 0 Å². The fourth-order valence-electron chi connectivity index (χ4n) is 2.09. The summed E-state index contributed by atoms with van der Waals surface area (Å²) in [5.74, 6) is 1.62. The summed E-state index contributed by atoms with van der Waals surface area (Å²) in [4.78, 5) is 8.51. The van der Waals surface area contributed by atoms with Crippen LogP contribution in [0.5, 0.6) is 0 Å². The molecular weight excluding hydrogens is 258 g/mol. The molecule has 1 fully saturated rings. The maximum atomic E-state index is 5.85. The molecule has 0 bridgehead atoms. The van der Waals surface area contributed by atoms with Crippen LogP contribution in [-0.2, 0) is 4.74 Å². The second-order valence-corrected chi connectivity index (χ2v) is 6.10. The molecule has 7 heteroatoms. The van der Waals surface area contributed by atoms with E-state index in [1.165, 1.54) is 0 Å². The summed E-state index contributed by atoms with van der Waals surface area (Å²) < 4.78 is 11.0. The molecule has 0 radical (unpaired) electrons. The zero-order valence-corrected chi connectivity index (χ0v) is 12.5. The van der Waals surface area contributed by atoms with Gasteiger partial charge in [0.15, 0.2) is 11.8 Å². The largest absolute Gasteiger partial charge is 0.370 e. The van der Waals surface area contributed by atoms with Crippen LogP contribution in [0.4, 0.5) is 0 Å². The van der Waals surface area contributed by atoms with Gasteiger partial charge in [-0.2, -0.15) is 4.98 Å². The molecule has 7 nitrogen and oxygen atoms in total. The molecule has 1 saturated heterocycles. The quantitative estimate of drug-likeness (QED) is 0.640. The molecule has 0 unspecified atom stereocenters. The van der Waals surface area contributed by atoms with Crippen LogP contribution in [0.25, 0.3) is 0 Å². The Kier molecular flexibility index (Phi) is 4.27. The van der Waals surface area contributed by atoms with Crippen LogP contribution < -0.4 is 11.1 Å². The Labute approximate surface area is 119 Å². The van der Waals surface area contributed by atoms with Crippen molar-refractivity contribution in [3.8, 4) is 0 Å². The smallest absolute Gasteiger partial charge is 0.255 e. The minimum atomic E-state index is -0.117. The van der Waals surface area contributed by atoms with Gasteiger partial charge in [0.2, 0.25) is 0 Å². The number of nitrogens with two attached hydrogens (primary N) is 1. The number of hydrogen-bond donors (Lipinski definition) is 2. The molecule has 0 amide bonds. The first kappa shape index (κ1) is 14.8. The molecule has 0 aromatic carbocycles. The molecule has 0 saturated carbocycles. The highest BCUT2D eigenvalue weighted by Gasteiger charge is 2.30. The summed E-state index contributed by atoms with van der Waals surface area (Å²) >= 11 is 0. The zero-order chi connectivity index (χ0) is 14.8. The van der Waals surface area contributed by atoms with Crippen molar-refractivity contribution >= 4 is 5.96 Å². The number of aliphatic imine (C=N–C) groups is 1. The van der Waals surface area contributed by atoms with Crippen LogP contribution in [0.2, 0.25) is 0 Å². The van der Waals surface area contributed by atoms with Crippen molar-refractivity contribution in [2.75, 3.05) is 6.54 Å². The lowest BCUT2D eigenvalue weighted by molar-refractivity contribution is 0.0309. The molecule has 2 atom stereocenters. The van der Waals surface area contributed by atoms with Gasteiger partial charge in [-0.3, -0.25) is 4.99 Å². The van der Waals surface area contributed by atoms with Crippen LogP contribution in [0.15, 0.2) is 9.52 Å². The zero-order valence-electron chi connectivity index (χ0n) is 12.5. The Morgan fingerprint density at radius 3 is 2.80 bits per heavy atom. The Morgan fingerprint density at radius 2 is 2.20 bits per heavy atom. The fourth-order valence-corrected chi connectivity index (χ4v) is 2.09. The van der Waals surface area contributed by atoms with Crippen LogP contribution in [0, 0.1) is 6.92 Å². The van der Waals surface area contributed by atoms with Gasteiger partial charge in [-0.15, -0.1) is 0 Å². The van der Waals surface area contributed by atoms with E-state index in [1.807, 2.05) is 20.8 Å². The minimum Gasteiger partial charge on any atom is -0.370 e. The van der Waals surface area contributed by atoms with Gasteiger partial charge in [-0.1, -0.05) is 5.16 Å². The van der Waals surface area contributed by atoms with Gasteiger partial charge in [0.05, 0.1) is 12.6 Å². The minimum absolute atomic E-state index is 0.0486. The topological polar surface area (TPSA) is 98.6 Å². The Morgan fingerprint density at radius 1 is 1.45 bits per heavy atom. The highest BCUT2D eigenvalue weighted by Crippen LogP contribution is 2.31. The molecule has 2 heterocycles. The first-order chi connectivity index (χ1) is 9.33. The monoisotopic (exact) mass is 281 g/mol. The summed E-state index contributed by atoms with van der Waals surface area (Å²) in [5, 5.41) is 6.90. The van der Waals surface area contributed by atoms with E-state index in [0.717, 1.165) is 12.8 Å². The third-order valence-corrected chi connectivity index (χ3v) is 2.89. The lowest BCUT2D eigenvalue weighted by Crippen LogP contribution is -2.45. The second-order valence-electron chi connectivity index (χ2n) is 6.10. The Bertz CT molecular complexity index is 477. The first-order valence-corrected chi connectivity index (χ1v) is 6.87. The van der Waals surface area contributed by atoms with Crippen molar-refractivity contribution in [2.24, 2.45) is 10.7 Å².